The van der Waals surface area contributed by atoms with Gasteiger partial charge in [-0.05, 0) is 122 Å². The largest absolute Gasteiger partial charge is 0.508 e. The van der Waals surface area contributed by atoms with Gasteiger partial charge in [0.1, 0.15) is 48.1 Å². The summed E-state index contributed by atoms with van der Waals surface area (Å²) < 4.78 is 25.7. The van der Waals surface area contributed by atoms with E-state index in [9.17, 15) is 20.1 Å². The molecule has 4 heterocycles. The lowest BCUT2D eigenvalue weighted by molar-refractivity contribution is -0.141. The Kier molecular flexibility index (Phi) is 11.5. The van der Waals surface area contributed by atoms with Crippen molar-refractivity contribution >= 4 is 23.6 Å². The Labute approximate surface area is 385 Å². The second-order valence-corrected chi connectivity index (χ2v) is 18.3. The molecule has 12 heteroatoms. The maximum Gasteiger partial charge on any atom is 0.302 e. The van der Waals surface area contributed by atoms with E-state index in [0.29, 0.717) is 41.6 Å². The quantitative estimate of drug-likeness (QED) is 0.0451. The number of fused-ring (bicyclic) bond motifs is 9. The lowest BCUT2D eigenvalue weighted by atomic mass is 9.64. The number of nitrogens with zero attached hydrogens (tertiary/aromatic N) is 1. The van der Waals surface area contributed by atoms with Crippen molar-refractivity contribution in [3.8, 4) is 51.7 Å². The highest BCUT2D eigenvalue weighted by molar-refractivity contribution is 5.85. The van der Waals surface area contributed by atoms with E-state index < -0.39 is 30.2 Å². The Balaban J connectivity index is 1.23. The molecule has 1 spiro atoms. The average Bonchev–Trinajstić information content (AvgIpc) is 3.80. The first-order valence-corrected chi connectivity index (χ1v) is 23.1. The normalized spacial score (nSPS) is 22.9. The molecule has 3 aliphatic heterocycles. The summed E-state index contributed by atoms with van der Waals surface area (Å²) in [5.41, 5.74) is 16.9. The van der Waals surface area contributed by atoms with Gasteiger partial charge in [0, 0.05) is 64.9 Å². The molecule has 10 rings (SSSR count). The van der Waals surface area contributed by atoms with Crippen LogP contribution < -0.4 is 30.6 Å². The minimum Gasteiger partial charge on any atom is -0.508 e. The number of anilines is 2. The molecule has 4 bridgehead atoms. The molecule has 2 aliphatic carbocycles. The summed E-state index contributed by atoms with van der Waals surface area (Å²) in [7, 11) is 1.86. The van der Waals surface area contributed by atoms with Crippen molar-refractivity contribution in [2.75, 3.05) is 44.6 Å². The minimum absolute atomic E-state index is 0.0116. The van der Waals surface area contributed by atoms with Crippen LogP contribution in [0.4, 0.5) is 11.5 Å². The number of benzene rings is 4. The van der Waals surface area contributed by atoms with Crippen LogP contribution in [-0.4, -0.2) is 65.9 Å². The number of aromatic hydroxyl groups is 2. The summed E-state index contributed by atoms with van der Waals surface area (Å²) in [6.07, 6.45) is 8.32. The van der Waals surface area contributed by atoms with E-state index in [1.807, 2.05) is 31.3 Å². The zero-order valence-corrected chi connectivity index (χ0v) is 37.6. The number of nitrogens with one attached hydrogen (secondary N) is 2. The number of nitrogens with two attached hydrogens (primary N) is 1. The number of carbonyl (C=O) groups excluding carboxylic acids is 1. The molecule has 0 radical (unpaired) electrons. The molecule has 0 amide bonds. The Morgan fingerprint density at radius 3 is 2.71 bits per heavy atom. The Morgan fingerprint density at radius 1 is 1.05 bits per heavy atom. The number of aliphatic hydroxyl groups is 1. The molecule has 7 N–H and O–H groups in total. The molecule has 4 aromatic carbocycles. The second kappa shape index (κ2) is 17.6. The molecule has 5 aromatic rings. The zero-order valence-electron chi connectivity index (χ0n) is 37.6. The van der Waals surface area contributed by atoms with Crippen LogP contribution in [-0.2, 0) is 34.2 Å². The fourth-order valence-corrected chi connectivity index (χ4v) is 11.7. The molecule has 340 valence electrons. The molecule has 1 aromatic heterocycles. The zero-order chi connectivity index (χ0) is 45.7. The van der Waals surface area contributed by atoms with Crippen LogP contribution in [0.2, 0.25) is 0 Å². The Morgan fingerprint density at radius 2 is 1.89 bits per heavy atom. The van der Waals surface area contributed by atoms with E-state index in [-0.39, 0.29) is 42.4 Å². The number of phenolic OH excluding ortho intramolecular Hbond substituents is 2. The molecule has 5 aliphatic rings. The van der Waals surface area contributed by atoms with Gasteiger partial charge in [0.25, 0.3) is 0 Å². The van der Waals surface area contributed by atoms with Crippen molar-refractivity contribution in [3.63, 3.8) is 0 Å². The molecular weight excluding hydrogens is 833 g/mol. The number of ether oxygens (including phenoxy) is 4. The van der Waals surface area contributed by atoms with Crippen LogP contribution in [0.5, 0.6) is 28.7 Å². The summed E-state index contributed by atoms with van der Waals surface area (Å²) in [4.78, 5) is 17.6. The van der Waals surface area contributed by atoms with Gasteiger partial charge in [0.05, 0.1) is 12.0 Å². The Bertz CT molecular complexity index is 2830. The first-order valence-electron chi connectivity index (χ1n) is 23.1. The number of aromatic nitrogens is 1. The summed E-state index contributed by atoms with van der Waals surface area (Å²) in [6.45, 7) is 4.11. The minimum atomic E-state index is -0.684. The number of phenols is 2. The fraction of sp³-hybridized carbons (Fsp3) is 0.370. The van der Waals surface area contributed by atoms with Crippen LogP contribution >= 0.6 is 0 Å². The third kappa shape index (κ3) is 7.63. The van der Waals surface area contributed by atoms with E-state index >= 15 is 0 Å². The van der Waals surface area contributed by atoms with E-state index in [1.165, 1.54) is 12.5 Å². The van der Waals surface area contributed by atoms with E-state index in [0.717, 1.165) is 94.6 Å². The van der Waals surface area contributed by atoms with E-state index in [2.05, 4.69) is 71.9 Å². The van der Waals surface area contributed by atoms with Crippen molar-refractivity contribution in [2.45, 2.75) is 88.2 Å². The maximum absolute atomic E-state index is 12.7. The number of rotatable bonds is 10. The summed E-state index contributed by atoms with van der Waals surface area (Å²) in [5, 5.41) is 39.8. The molecule has 66 heavy (non-hydrogen) atoms. The number of aliphatic hydroxyl groups excluding tert-OH is 1. The highest BCUT2D eigenvalue weighted by Gasteiger charge is 2.52. The van der Waals surface area contributed by atoms with E-state index in [1.54, 1.807) is 12.1 Å². The number of hydrogen-bond donors (Lipinski definition) is 6. The van der Waals surface area contributed by atoms with Gasteiger partial charge in [-0.3, -0.25) is 4.79 Å². The number of aryl methyl sites for hydroxylation is 1. The molecule has 1 saturated carbocycles. The van der Waals surface area contributed by atoms with Crippen LogP contribution in [0.3, 0.4) is 0 Å². The number of esters is 1. The molecule has 0 unspecified atom stereocenters. The number of para-hydroxylation sites is 1. The van der Waals surface area contributed by atoms with Crippen LogP contribution in [0.25, 0.3) is 17.2 Å². The highest BCUT2D eigenvalue weighted by atomic mass is 16.6. The third-order valence-electron chi connectivity index (χ3n) is 14.5. The SMILES string of the molecule is CCNc1ccccc1CC[C@@H]1c2ccc(N)nc2C#CCc2cc(O)c3c(c2[C@H]2Oc4c(ccc5c4[C@@]4(CC[C@H]1C4)Cc1cc(O)cc(OCO)c1-5)[C@@H]2COC(C)=O)C=C[C@@H](NC)CO3. The van der Waals surface area contributed by atoms with Crippen molar-refractivity contribution in [2.24, 2.45) is 5.92 Å². The van der Waals surface area contributed by atoms with Gasteiger partial charge in [-0.2, -0.15) is 0 Å². The average molecular weight is 889 g/mol. The summed E-state index contributed by atoms with van der Waals surface area (Å²) in [6, 6.07) is 21.7. The molecule has 12 nitrogen and oxygen atoms in total. The first-order chi connectivity index (χ1) is 32.1. The highest BCUT2D eigenvalue weighted by Crippen LogP contribution is 2.64. The fourth-order valence-electron chi connectivity index (χ4n) is 11.7. The van der Waals surface area contributed by atoms with Crippen molar-refractivity contribution in [3.05, 3.63) is 123 Å². The number of pyridine rings is 1. The van der Waals surface area contributed by atoms with Gasteiger partial charge in [-0.15, -0.1) is 0 Å². The monoisotopic (exact) mass is 888 g/mol. The predicted octanol–water partition coefficient (Wildman–Crippen LogP) is 8.19. The number of likely N-dealkylation sites (N-methyl/N-ethyl adjacent to an activating group) is 1. The standard InChI is InChI=1S/C54H56N4O8/c1-4-57-43-10-6-5-8-31(43)12-14-37-33-20-21-54(25-33)26-34-22-36(61)24-46(65-29-59)48(34)40-17-16-39-42(28-63-30(2)60)52(66-53(39)50(40)54)49-32(9-7-11-44-38(37)18-19-47(55)58-44)23-45(62)51-41(49)15-13-35(56-3)27-64-51/h5-6,8,10,13,15-19,22-24,33,35,37,42,52,56-57,59,61-62H,4,9,12,14,20-21,25-29H2,1-3H3,(H2,55,58)/t33-,35+,37-,42-,52-,54+/m0/s1. The molecule has 6 atom stereocenters. The molecule has 1 fully saturated rings. The van der Waals surface area contributed by atoms with Crippen molar-refractivity contribution in [1.82, 2.24) is 10.3 Å². The molecule has 0 saturated heterocycles. The van der Waals surface area contributed by atoms with Gasteiger partial charge in [-0.25, -0.2) is 4.98 Å². The smallest absolute Gasteiger partial charge is 0.302 e. The van der Waals surface area contributed by atoms with Crippen LogP contribution in [0.1, 0.15) is 108 Å². The number of nitrogen functional groups attached to an aromatic ring is 1. The topological polar surface area (TPSA) is 178 Å². The van der Waals surface area contributed by atoms with Gasteiger partial charge in [0.2, 0.25) is 0 Å². The predicted molar refractivity (Wildman–Crippen MR) is 253 cm³/mol. The van der Waals surface area contributed by atoms with Crippen molar-refractivity contribution < 1.29 is 39.1 Å². The first kappa shape index (κ1) is 43.2. The van der Waals surface area contributed by atoms with Crippen LogP contribution in [0.15, 0.2) is 72.8 Å². The third-order valence-corrected chi connectivity index (χ3v) is 14.5. The molecular formula is C54H56N4O8. The lowest BCUT2D eigenvalue weighted by Crippen LogP contribution is -2.31. The maximum atomic E-state index is 12.7. The lowest BCUT2D eigenvalue weighted by Gasteiger charge is -2.40. The second-order valence-electron chi connectivity index (χ2n) is 18.3. The van der Waals surface area contributed by atoms with Gasteiger partial charge in [-0.1, -0.05) is 54.5 Å². The van der Waals surface area contributed by atoms with E-state index in [4.69, 9.17) is 29.7 Å². The number of hydrogen-bond acceptors (Lipinski definition) is 12. The summed E-state index contributed by atoms with van der Waals surface area (Å²) >= 11 is 0. The van der Waals surface area contributed by atoms with Crippen LogP contribution in [0, 0.1) is 17.8 Å². The number of carbonyl (C=O) groups is 1. The summed E-state index contributed by atoms with van der Waals surface area (Å²) in [5.74, 6) is 8.21. The van der Waals surface area contributed by atoms with Gasteiger partial charge < -0.3 is 50.6 Å². The van der Waals surface area contributed by atoms with Gasteiger partial charge in [0.15, 0.2) is 18.3 Å². The van der Waals surface area contributed by atoms with Gasteiger partial charge >= 0.3 is 5.97 Å². The Hall–Kier alpha value is -6.68. The van der Waals surface area contributed by atoms with Crippen molar-refractivity contribution in [1.29, 1.82) is 0 Å².